The number of nitrogens with one attached hydrogen (secondary N) is 3. The fraction of sp³-hybridized carbons (Fsp3) is 0.200. The van der Waals surface area contributed by atoms with Gasteiger partial charge in [-0.1, -0.05) is 17.7 Å². The number of carbonyl (C=O) groups excluding carboxylic acids is 1. The standard InChI is InChI=1S/C20H20ClFN6O/c21-16-13-14(1-3-17(16)22)2-6-20(29)25-12-11-24-18-4-5-19(28-27-18)26-15-7-9-23-10-8-15/h1,3-5,7-10,13H,2,6,11-12H2,(H,24,27)(H,25,29)(H,23,26,28). The van der Waals surface area contributed by atoms with Crippen LogP contribution in [-0.4, -0.2) is 34.2 Å². The first kappa shape index (κ1) is 20.5. The molecule has 29 heavy (non-hydrogen) atoms. The topological polar surface area (TPSA) is 91.8 Å². The lowest BCUT2D eigenvalue weighted by atomic mass is 10.1. The van der Waals surface area contributed by atoms with Crippen LogP contribution < -0.4 is 16.0 Å². The van der Waals surface area contributed by atoms with Gasteiger partial charge in [-0.25, -0.2) is 4.39 Å². The molecule has 0 aliphatic carbocycles. The molecule has 0 fully saturated rings. The van der Waals surface area contributed by atoms with Gasteiger partial charge in [-0.2, -0.15) is 0 Å². The molecule has 0 aliphatic rings. The number of nitrogens with zero attached hydrogens (tertiary/aromatic N) is 3. The predicted molar refractivity (Wildman–Crippen MR) is 111 cm³/mol. The van der Waals surface area contributed by atoms with E-state index in [9.17, 15) is 9.18 Å². The minimum atomic E-state index is -0.463. The fourth-order valence-electron chi connectivity index (χ4n) is 2.51. The third-order valence-corrected chi connectivity index (χ3v) is 4.28. The molecular formula is C20H20ClFN6O. The molecule has 0 unspecified atom stereocenters. The number of hydrogen-bond donors (Lipinski definition) is 3. The summed E-state index contributed by atoms with van der Waals surface area (Å²) in [5, 5.41) is 17.3. The third-order valence-electron chi connectivity index (χ3n) is 4.00. The van der Waals surface area contributed by atoms with Gasteiger partial charge in [-0.05, 0) is 48.4 Å². The number of pyridine rings is 1. The molecule has 0 bridgehead atoms. The first-order valence-corrected chi connectivity index (χ1v) is 9.43. The second-order valence-corrected chi connectivity index (χ2v) is 6.60. The van der Waals surface area contributed by atoms with Crippen molar-refractivity contribution < 1.29 is 9.18 Å². The highest BCUT2D eigenvalue weighted by Gasteiger charge is 2.05. The fourth-order valence-corrected chi connectivity index (χ4v) is 2.71. The van der Waals surface area contributed by atoms with E-state index in [1.54, 1.807) is 24.5 Å². The summed E-state index contributed by atoms with van der Waals surface area (Å²) in [6.07, 6.45) is 4.18. The summed E-state index contributed by atoms with van der Waals surface area (Å²) in [6.45, 7) is 0.960. The Hall–Kier alpha value is -3.26. The lowest BCUT2D eigenvalue weighted by Crippen LogP contribution is -2.29. The minimum Gasteiger partial charge on any atom is -0.367 e. The maximum absolute atomic E-state index is 13.1. The Kier molecular flexibility index (Phi) is 7.29. The smallest absolute Gasteiger partial charge is 0.220 e. The van der Waals surface area contributed by atoms with E-state index >= 15 is 0 Å². The molecule has 1 aromatic carbocycles. The summed E-state index contributed by atoms with van der Waals surface area (Å²) in [5.74, 6) is 0.682. The lowest BCUT2D eigenvalue weighted by Gasteiger charge is -2.08. The molecule has 9 heteroatoms. The van der Waals surface area contributed by atoms with Gasteiger partial charge in [0.25, 0.3) is 0 Å². The van der Waals surface area contributed by atoms with Crippen molar-refractivity contribution in [3.63, 3.8) is 0 Å². The van der Waals surface area contributed by atoms with Gasteiger partial charge in [-0.3, -0.25) is 9.78 Å². The van der Waals surface area contributed by atoms with Gasteiger partial charge in [0.15, 0.2) is 5.82 Å². The monoisotopic (exact) mass is 414 g/mol. The van der Waals surface area contributed by atoms with Crippen LogP contribution in [0.25, 0.3) is 0 Å². The maximum Gasteiger partial charge on any atom is 0.220 e. The summed E-state index contributed by atoms with van der Waals surface area (Å²) in [7, 11) is 0. The van der Waals surface area contributed by atoms with Crippen LogP contribution in [-0.2, 0) is 11.2 Å². The molecule has 0 spiro atoms. The van der Waals surface area contributed by atoms with Crippen LogP contribution in [0.4, 0.5) is 21.7 Å². The van der Waals surface area contributed by atoms with Crippen LogP contribution in [0.5, 0.6) is 0 Å². The van der Waals surface area contributed by atoms with Crippen molar-refractivity contribution in [2.45, 2.75) is 12.8 Å². The Labute approximate surface area is 172 Å². The molecule has 3 aromatic rings. The summed E-state index contributed by atoms with van der Waals surface area (Å²) in [4.78, 5) is 15.9. The molecule has 150 valence electrons. The second-order valence-electron chi connectivity index (χ2n) is 6.19. The minimum absolute atomic E-state index is 0.0650. The summed E-state index contributed by atoms with van der Waals surface area (Å²) in [6, 6.07) is 11.7. The van der Waals surface area contributed by atoms with E-state index in [1.807, 2.05) is 18.2 Å². The predicted octanol–water partition coefficient (Wildman–Crippen LogP) is 3.57. The summed E-state index contributed by atoms with van der Waals surface area (Å²) < 4.78 is 13.1. The summed E-state index contributed by atoms with van der Waals surface area (Å²) >= 11 is 5.74. The molecule has 0 aliphatic heterocycles. The van der Waals surface area contributed by atoms with Crippen LogP contribution >= 0.6 is 11.6 Å². The number of amides is 1. The Bertz CT molecular complexity index is 939. The van der Waals surface area contributed by atoms with Gasteiger partial charge in [0.05, 0.1) is 5.02 Å². The van der Waals surface area contributed by atoms with Gasteiger partial charge in [0, 0.05) is 37.6 Å². The van der Waals surface area contributed by atoms with Crippen molar-refractivity contribution in [1.82, 2.24) is 20.5 Å². The highest BCUT2D eigenvalue weighted by atomic mass is 35.5. The van der Waals surface area contributed by atoms with Crippen molar-refractivity contribution in [3.8, 4) is 0 Å². The van der Waals surface area contributed by atoms with E-state index in [2.05, 4.69) is 31.1 Å². The number of carbonyl (C=O) groups is 1. The number of rotatable bonds is 9. The molecule has 3 N–H and O–H groups in total. The highest BCUT2D eigenvalue weighted by molar-refractivity contribution is 6.30. The average molecular weight is 415 g/mol. The van der Waals surface area contributed by atoms with Crippen molar-refractivity contribution >= 4 is 34.8 Å². The molecule has 1 amide bonds. The van der Waals surface area contributed by atoms with Crippen LogP contribution in [0, 0.1) is 5.82 Å². The molecule has 2 aromatic heterocycles. The molecule has 0 radical (unpaired) electrons. The number of anilines is 3. The maximum atomic E-state index is 13.1. The van der Waals surface area contributed by atoms with Crippen molar-refractivity contribution in [2.75, 3.05) is 23.7 Å². The number of aryl methyl sites for hydroxylation is 1. The average Bonchev–Trinajstić information content (AvgIpc) is 2.74. The Morgan fingerprint density at radius 1 is 1.00 bits per heavy atom. The third kappa shape index (κ3) is 6.69. The first-order valence-electron chi connectivity index (χ1n) is 9.05. The lowest BCUT2D eigenvalue weighted by molar-refractivity contribution is -0.120. The molecule has 0 saturated carbocycles. The van der Waals surface area contributed by atoms with Crippen LogP contribution in [0.3, 0.4) is 0 Å². The Morgan fingerprint density at radius 2 is 1.76 bits per heavy atom. The van der Waals surface area contributed by atoms with E-state index in [4.69, 9.17) is 11.6 Å². The van der Waals surface area contributed by atoms with Crippen molar-refractivity contribution in [3.05, 3.63) is 71.3 Å². The van der Waals surface area contributed by atoms with Gasteiger partial charge >= 0.3 is 0 Å². The van der Waals surface area contributed by atoms with E-state index in [1.165, 1.54) is 12.1 Å². The molecule has 0 atom stereocenters. The van der Waals surface area contributed by atoms with Crippen LogP contribution in [0.15, 0.2) is 54.9 Å². The number of benzene rings is 1. The highest BCUT2D eigenvalue weighted by Crippen LogP contribution is 2.17. The van der Waals surface area contributed by atoms with Crippen molar-refractivity contribution in [2.24, 2.45) is 0 Å². The SMILES string of the molecule is O=C(CCc1ccc(F)c(Cl)c1)NCCNc1ccc(Nc2ccncc2)nn1. The number of hydrogen-bond acceptors (Lipinski definition) is 6. The molecule has 7 nitrogen and oxygen atoms in total. The molecule has 0 saturated heterocycles. The van der Waals surface area contributed by atoms with Crippen LogP contribution in [0.1, 0.15) is 12.0 Å². The van der Waals surface area contributed by atoms with Gasteiger partial charge in [0.2, 0.25) is 5.91 Å². The van der Waals surface area contributed by atoms with Gasteiger partial charge in [-0.15, -0.1) is 10.2 Å². The zero-order valence-corrected chi connectivity index (χ0v) is 16.3. The molecular weight excluding hydrogens is 395 g/mol. The number of halogens is 2. The largest absolute Gasteiger partial charge is 0.367 e. The Balaban J connectivity index is 1.34. The zero-order valence-electron chi connectivity index (χ0n) is 15.5. The van der Waals surface area contributed by atoms with E-state index in [-0.39, 0.29) is 10.9 Å². The number of aromatic nitrogens is 3. The molecule has 2 heterocycles. The van der Waals surface area contributed by atoms with E-state index in [0.29, 0.717) is 37.6 Å². The van der Waals surface area contributed by atoms with E-state index in [0.717, 1.165) is 11.3 Å². The second kappa shape index (κ2) is 10.3. The van der Waals surface area contributed by atoms with E-state index < -0.39 is 5.82 Å². The van der Waals surface area contributed by atoms with Gasteiger partial charge < -0.3 is 16.0 Å². The quantitative estimate of drug-likeness (QED) is 0.464. The van der Waals surface area contributed by atoms with Crippen LogP contribution in [0.2, 0.25) is 5.02 Å². The first-order chi connectivity index (χ1) is 14.1. The summed E-state index contributed by atoms with van der Waals surface area (Å²) in [5.41, 5.74) is 1.70. The van der Waals surface area contributed by atoms with Gasteiger partial charge in [0.1, 0.15) is 11.6 Å². The molecule has 3 rings (SSSR count). The normalized spacial score (nSPS) is 10.4. The van der Waals surface area contributed by atoms with Crippen molar-refractivity contribution in [1.29, 1.82) is 0 Å². The zero-order chi connectivity index (χ0) is 20.5. The Morgan fingerprint density at radius 3 is 2.48 bits per heavy atom.